The monoisotopic (exact) mass is 212 g/mol. The van der Waals surface area contributed by atoms with Crippen LogP contribution >= 0.6 is 0 Å². The normalized spacial score (nSPS) is 30.5. The lowest BCUT2D eigenvalue weighted by Gasteiger charge is -2.35. The van der Waals surface area contributed by atoms with Crippen LogP contribution in [0.1, 0.15) is 26.2 Å². The van der Waals surface area contributed by atoms with E-state index in [-0.39, 0.29) is 17.4 Å². The largest absolute Gasteiger partial charge is 0.391 e. The smallest absolute Gasteiger partial charge is 0.228 e. The number of nitrogens with one attached hydrogen (secondary N) is 1. The van der Waals surface area contributed by atoms with E-state index in [9.17, 15) is 9.90 Å². The summed E-state index contributed by atoms with van der Waals surface area (Å²) in [7, 11) is 0. The highest BCUT2D eigenvalue weighted by Crippen LogP contribution is 2.31. The molecule has 4 heteroatoms. The molecule has 2 fully saturated rings. The minimum absolute atomic E-state index is 0.199. The van der Waals surface area contributed by atoms with Crippen LogP contribution in [0.4, 0.5) is 0 Å². The molecule has 2 saturated heterocycles. The molecule has 0 radical (unpaired) electrons. The lowest BCUT2D eigenvalue weighted by Crippen LogP contribution is -2.47. The molecular weight excluding hydrogens is 192 g/mol. The number of carbonyl (C=O) groups is 1. The molecule has 1 atom stereocenters. The van der Waals surface area contributed by atoms with Crippen molar-refractivity contribution >= 4 is 5.91 Å². The summed E-state index contributed by atoms with van der Waals surface area (Å²) in [6.45, 7) is 5.17. The molecule has 15 heavy (non-hydrogen) atoms. The fourth-order valence-corrected chi connectivity index (χ4v) is 2.50. The summed E-state index contributed by atoms with van der Waals surface area (Å²) in [6, 6.07) is 0. The molecule has 4 nitrogen and oxygen atoms in total. The van der Waals surface area contributed by atoms with Crippen molar-refractivity contribution in [2.24, 2.45) is 5.41 Å². The summed E-state index contributed by atoms with van der Waals surface area (Å²) in [6.07, 6.45) is 2.26. The third-order valence-electron chi connectivity index (χ3n) is 3.67. The molecule has 1 amide bonds. The number of hydrogen-bond acceptors (Lipinski definition) is 3. The van der Waals surface area contributed by atoms with Gasteiger partial charge >= 0.3 is 0 Å². The number of amides is 1. The minimum Gasteiger partial charge on any atom is -0.391 e. The standard InChI is InChI=1S/C11H20N2O2/c1-11(3-5-12-6-4-11)10(15)13-7-2-9(14)8-13/h9,12,14H,2-8H2,1H3/t9-/m1/s1. The van der Waals surface area contributed by atoms with Crippen molar-refractivity contribution < 1.29 is 9.90 Å². The molecular formula is C11H20N2O2. The third kappa shape index (κ3) is 2.16. The van der Waals surface area contributed by atoms with Gasteiger partial charge in [-0.2, -0.15) is 0 Å². The fraction of sp³-hybridized carbons (Fsp3) is 0.909. The van der Waals surface area contributed by atoms with Crippen LogP contribution in [0, 0.1) is 5.41 Å². The molecule has 2 heterocycles. The van der Waals surface area contributed by atoms with Crippen molar-refractivity contribution in [1.82, 2.24) is 10.2 Å². The van der Waals surface area contributed by atoms with Crippen molar-refractivity contribution in [3.63, 3.8) is 0 Å². The zero-order valence-electron chi connectivity index (χ0n) is 9.33. The van der Waals surface area contributed by atoms with Crippen molar-refractivity contribution in [3.05, 3.63) is 0 Å². The molecule has 86 valence electrons. The number of aliphatic hydroxyl groups excluding tert-OH is 1. The molecule has 0 aliphatic carbocycles. The second kappa shape index (κ2) is 4.10. The van der Waals surface area contributed by atoms with Crippen molar-refractivity contribution in [2.45, 2.75) is 32.3 Å². The molecule has 2 aliphatic rings. The van der Waals surface area contributed by atoms with Gasteiger partial charge in [0, 0.05) is 18.5 Å². The summed E-state index contributed by atoms with van der Waals surface area (Å²) in [4.78, 5) is 14.1. The summed E-state index contributed by atoms with van der Waals surface area (Å²) < 4.78 is 0. The fourth-order valence-electron chi connectivity index (χ4n) is 2.50. The number of aliphatic hydroxyl groups is 1. The predicted octanol–water partition coefficient (Wildman–Crippen LogP) is -0.0307. The lowest BCUT2D eigenvalue weighted by atomic mass is 9.80. The SMILES string of the molecule is CC1(C(=O)N2CC[C@@H](O)C2)CCNCC1. The molecule has 0 spiro atoms. The van der Waals surface area contributed by atoms with Crippen LogP contribution in [0.2, 0.25) is 0 Å². The second-order valence-corrected chi connectivity index (χ2v) is 5.00. The van der Waals surface area contributed by atoms with Crippen LogP contribution in [0.25, 0.3) is 0 Å². The Bertz CT molecular complexity index is 249. The topological polar surface area (TPSA) is 52.6 Å². The predicted molar refractivity (Wildman–Crippen MR) is 57.4 cm³/mol. The molecule has 2 N–H and O–H groups in total. The van der Waals surface area contributed by atoms with E-state index in [1.807, 2.05) is 4.90 Å². The number of carbonyl (C=O) groups excluding carboxylic acids is 1. The van der Waals surface area contributed by atoms with Gasteiger partial charge in [-0.05, 0) is 32.4 Å². The third-order valence-corrected chi connectivity index (χ3v) is 3.67. The van der Waals surface area contributed by atoms with Gasteiger partial charge in [-0.25, -0.2) is 0 Å². The molecule has 0 aromatic rings. The van der Waals surface area contributed by atoms with Gasteiger partial charge in [0.2, 0.25) is 5.91 Å². The number of hydrogen-bond donors (Lipinski definition) is 2. The molecule has 0 bridgehead atoms. The maximum Gasteiger partial charge on any atom is 0.228 e. The van der Waals surface area contributed by atoms with Crippen molar-refractivity contribution in [1.29, 1.82) is 0 Å². The number of nitrogens with zero attached hydrogens (tertiary/aromatic N) is 1. The van der Waals surface area contributed by atoms with Gasteiger partial charge in [-0.1, -0.05) is 6.92 Å². The Morgan fingerprint density at radius 3 is 2.67 bits per heavy atom. The van der Waals surface area contributed by atoms with E-state index in [1.54, 1.807) is 0 Å². The number of piperidine rings is 1. The average Bonchev–Trinajstić information content (AvgIpc) is 2.65. The van der Waals surface area contributed by atoms with Gasteiger partial charge in [0.05, 0.1) is 6.10 Å². The van der Waals surface area contributed by atoms with Gasteiger partial charge in [-0.3, -0.25) is 4.79 Å². The first-order valence-electron chi connectivity index (χ1n) is 5.80. The van der Waals surface area contributed by atoms with Gasteiger partial charge in [0.1, 0.15) is 0 Å². The van der Waals surface area contributed by atoms with Gasteiger partial charge in [0.25, 0.3) is 0 Å². The molecule has 0 saturated carbocycles. The Morgan fingerprint density at radius 2 is 2.13 bits per heavy atom. The van der Waals surface area contributed by atoms with E-state index in [4.69, 9.17) is 0 Å². The van der Waals surface area contributed by atoms with Gasteiger partial charge in [0.15, 0.2) is 0 Å². The van der Waals surface area contributed by atoms with E-state index in [0.717, 1.165) is 38.9 Å². The van der Waals surface area contributed by atoms with E-state index in [1.165, 1.54) is 0 Å². The number of rotatable bonds is 1. The second-order valence-electron chi connectivity index (χ2n) is 5.00. The highest BCUT2D eigenvalue weighted by Gasteiger charge is 2.39. The highest BCUT2D eigenvalue weighted by molar-refractivity contribution is 5.82. The Labute approximate surface area is 90.6 Å². The first kappa shape index (κ1) is 10.9. The van der Waals surface area contributed by atoms with Crippen LogP contribution in [0.15, 0.2) is 0 Å². The molecule has 0 aromatic heterocycles. The maximum absolute atomic E-state index is 12.3. The van der Waals surface area contributed by atoms with E-state index < -0.39 is 0 Å². The summed E-state index contributed by atoms with van der Waals surface area (Å²) in [5.41, 5.74) is -0.199. The highest BCUT2D eigenvalue weighted by atomic mass is 16.3. The van der Waals surface area contributed by atoms with Crippen LogP contribution in [0.3, 0.4) is 0 Å². The molecule has 0 unspecified atom stereocenters. The Morgan fingerprint density at radius 1 is 1.47 bits per heavy atom. The lowest BCUT2D eigenvalue weighted by molar-refractivity contribution is -0.142. The van der Waals surface area contributed by atoms with Gasteiger partial charge in [-0.15, -0.1) is 0 Å². The summed E-state index contributed by atoms with van der Waals surface area (Å²) in [5.74, 6) is 0.237. The zero-order chi connectivity index (χ0) is 10.9. The van der Waals surface area contributed by atoms with E-state index >= 15 is 0 Å². The average molecular weight is 212 g/mol. The van der Waals surface area contributed by atoms with Crippen molar-refractivity contribution in [2.75, 3.05) is 26.2 Å². The quantitative estimate of drug-likeness (QED) is 0.642. The first-order chi connectivity index (χ1) is 7.12. The van der Waals surface area contributed by atoms with Crippen LogP contribution in [-0.4, -0.2) is 48.2 Å². The summed E-state index contributed by atoms with van der Waals surface area (Å²) in [5, 5.41) is 12.7. The summed E-state index contributed by atoms with van der Waals surface area (Å²) >= 11 is 0. The van der Waals surface area contributed by atoms with Gasteiger partial charge < -0.3 is 15.3 Å². The van der Waals surface area contributed by atoms with Crippen molar-refractivity contribution in [3.8, 4) is 0 Å². The van der Waals surface area contributed by atoms with E-state index in [2.05, 4.69) is 12.2 Å². The molecule has 2 rings (SSSR count). The number of β-amino-alcohol motifs (C(OH)–C–C–N with tert-alkyl or cyclic N) is 1. The minimum atomic E-state index is -0.306. The number of likely N-dealkylation sites (tertiary alicyclic amines) is 1. The Kier molecular flexibility index (Phi) is 2.98. The van der Waals surface area contributed by atoms with Crippen LogP contribution in [0.5, 0.6) is 0 Å². The molecule has 2 aliphatic heterocycles. The Hall–Kier alpha value is -0.610. The van der Waals surface area contributed by atoms with Crippen LogP contribution in [-0.2, 0) is 4.79 Å². The maximum atomic E-state index is 12.3. The zero-order valence-corrected chi connectivity index (χ0v) is 9.33. The van der Waals surface area contributed by atoms with E-state index in [0.29, 0.717) is 6.54 Å². The Balaban J connectivity index is 1.99. The van der Waals surface area contributed by atoms with Crippen LogP contribution < -0.4 is 5.32 Å². The molecule has 0 aromatic carbocycles. The first-order valence-corrected chi connectivity index (χ1v) is 5.80.